The number of hydrogen-bond donors (Lipinski definition) is 1. The fourth-order valence-electron chi connectivity index (χ4n) is 2.85. The van der Waals surface area contributed by atoms with Crippen LogP contribution in [-0.2, 0) is 13.1 Å². The van der Waals surface area contributed by atoms with Gasteiger partial charge >= 0.3 is 5.88 Å². The molecule has 4 heterocycles. The fraction of sp³-hybridized carbons (Fsp3) is 0.176. The van der Waals surface area contributed by atoms with Gasteiger partial charge in [0, 0.05) is 24.7 Å². The molecular weight excluding hydrogens is 338 g/mol. The van der Waals surface area contributed by atoms with E-state index in [1.807, 2.05) is 25.1 Å². The van der Waals surface area contributed by atoms with E-state index in [2.05, 4.69) is 10.1 Å². The molecule has 4 rings (SSSR count). The molecule has 126 valence electrons. The number of thiazole rings is 1. The van der Waals surface area contributed by atoms with E-state index < -0.39 is 0 Å². The van der Waals surface area contributed by atoms with E-state index >= 15 is 0 Å². The van der Waals surface area contributed by atoms with Crippen molar-refractivity contribution < 1.29 is 14.5 Å². The minimum atomic E-state index is -0.207. The van der Waals surface area contributed by atoms with Crippen LogP contribution >= 0.6 is 11.3 Å². The van der Waals surface area contributed by atoms with Crippen molar-refractivity contribution in [3.63, 3.8) is 0 Å². The molecule has 0 unspecified atom stereocenters. The number of nitrogens with zero attached hydrogens (tertiary/aromatic N) is 5. The van der Waals surface area contributed by atoms with Gasteiger partial charge in [0.15, 0.2) is 0 Å². The maximum Gasteiger partial charge on any atom is 0.335 e. The third-order valence-electron chi connectivity index (χ3n) is 3.94. The van der Waals surface area contributed by atoms with Crippen LogP contribution in [0.15, 0.2) is 49.1 Å². The van der Waals surface area contributed by atoms with Crippen molar-refractivity contribution in [2.24, 2.45) is 0 Å². The number of imidazole rings is 1. The predicted octanol–water partition coefficient (Wildman–Crippen LogP) is 1.83. The number of fused-ring (bicyclic) bond motifs is 1. The molecule has 0 amide bonds. The highest BCUT2D eigenvalue weighted by Crippen LogP contribution is 2.20. The zero-order valence-electron chi connectivity index (χ0n) is 13.5. The molecular formula is C17H16N5O2S+. The Morgan fingerprint density at radius 3 is 2.92 bits per heavy atom. The number of rotatable bonds is 5. The molecule has 0 bridgehead atoms. The maximum atomic E-state index is 12.8. The molecule has 0 aliphatic heterocycles. The smallest absolute Gasteiger partial charge is 0.335 e. The standard InChI is InChI=1S/C17H15N5O2S/c1-12-18-9-13(25-12)10-22-15-5-2-3-8-21(15)16(17(22)24)14(23)11-20-7-4-6-19-20/h2-9H,10-11H2,1H3/p+1. The first-order valence-electron chi connectivity index (χ1n) is 7.77. The second kappa shape index (κ2) is 6.14. The Labute approximate surface area is 147 Å². The first-order chi connectivity index (χ1) is 12.1. The van der Waals surface area contributed by atoms with E-state index in [0.29, 0.717) is 6.54 Å². The van der Waals surface area contributed by atoms with Crippen molar-refractivity contribution in [1.82, 2.24) is 19.2 Å². The molecule has 0 aromatic carbocycles. The summed E-state index contributed by atoms with van der Waals surface area (Å²) in [5, 5.41) is 15.8. The van der Waals surface area contributed by atoms with Crippen molar-refractivity contribution in [2.45, 2.75) is 20.0 Å². The monoisotopic (exact) mass is 354 g/mol. The lowest BCUT2D eigenvalue weighted by Crippen LogP contribution is -2.33. The van der Waals surface area contributed by atoms with Crippen molar-refractivity contribution in [2.75, 3.05) is 0 Å². The summed E-state index contributed by atoms with van der Waals surface area (Å²) >= 11 is 1.57. The minimum Gasteiger partial charge on any atom is -0.475 e. The van der Waals surface area contributed by atoms with Gasteiger partial charge in [-0.1, -0.05) is 6.07 Å². The van der Waals surface area contributed by atoms with Gasteiger partial charge < -0.3 is 5.11 Å². The molecule has 0 saturated heterocycles. The molecule has 4 aromatic rings. The lowest BCUT2D eigenvalue weighted by atomic mass is 10.3. The fourth-order valence-corrected chi connectivity index (χ4v) is 3.64. The first-order valence-corrected chi connectivity index (χ1v) is 8.59. The normalized spacial score (nSPS) is 11.2. The number of aryl methyl sites for hydroxylation is 1. The largest absolute Gasteiger partial charge is 0.475 e. The van der Waals surface area contributed by atoms with Gasteiger partial charge in [-0.15, -0.1) is 11.3 Å². The van der Waals surface area contributed by atoms with E-state index in [1.54, 1.807) is 55.8 Å². The van der Waals surface area contributed by atoms with Crippen LogP contribution in [0.2, 0.25) is 0 Å². The van der Waals surface area contributed by atoms with Gasteiger partial charge in [-0.05, 0) is 19.1 Å². The van der Waals surface area contributed by atoms with Gasteiger partial charge in [0.05, 0.1) is 16.1 Å². The number of pyridine rings is 1. The lowest BCUT2D eigenvalue weighted by molar-refractivity contribution is -0.667. The van der Waals surface area contributed by atoms with Gasteiger partial charge in [-0.25, -0.2) is 4.98 Å². The molecule has 0 aliphatic carbocycles. The molecule has 0 saturated carbocycles. The van der Waals surface area contributed by atoms with Gasteiger partial charge in [-0.3, -0.25) is 9.48 Å². The van der Waals surface area contributed by atoms with E-state index in [9.17, 15) is 9.90 Å². The Balaban J connectivity index is 1.79. The molecule has 0 fully saturated rings. The quantitative estimate of drug-likeness (QED) is 0.438. The van der Waals surface area contributed by atoms with E-state index in [-0.39, 0.29) is 23.9 Å². The Bertz CT molecular complexity index is 1050. The number of Topliss-reactive ketones (excluding diaryl/α,β-unsaturated/α-hetero) is 1. The van der Waals surface area contributed by atoms with Crippen LogP contribution in [0, 0.1) is 6.92 Å². The molecule has 7 nitrogen and oxygen atoms in total. The highest BCUT2D eigenvalue weighted by molar-refractivity contribution is 7.11. The average molecular weight is 354 g/mol. The third kappa shape index (κ3) is 2.80. The molecule has 0 atom stereocenters. The molecule has 8 heteroatoms. The third-order valence-corrected chi connectivity index (χ3v) is 4.83. The molecule has 0 aliphatic rings. The summed E-state index contributed by atoms with van der Waals surface area (Å²) in [5.74, 6) is -0.254. The Hall–Kier alpha value is -3.00. The second-order valence-electron chi connectivity index (χ2n) is 5.66. The second-order valence-corrected chi connectivity index (χ2v) is 6.98. The summed E-state index contributed by atoms with van der Waals surface area (Å²) in [4.78, 5) is 18.0. The van der Waals surface area contributed by atoms with Crippen LogP contribution in [0.4, 0.5) is 0 Å². The van der Waals surface area contributed by atoms with Crippen molar-refractivity contribution in [3.8, 4) is 5.88 Å². The molecule has 0 radical (unpaired) electrons. The van der Waals surface area contributed by atoms with Gasteiger partial charge in [0.2, 0.25) is 5.78 Å². The van der Waals surface area contributed by atoms with Crippen LogP contribution < -0.4 is 4.57 Å². The molecule has 0 spiro atoms. The molecule has 1 N–H and O–H groups in total. The Morgan fingerprint density at radius 2 is 2.20 bits per heavy atom. The Morgan fingerprint density at radius 1 is 1.32 bits per heavy atom. The predicted molar refractivity (Wildman–Crippen MR) is 91.8 cm³/mol. The summed E-state index contributed by atoms with van der Waals surface area (Å²) in [6.07, 6.45) is 6.92. The number of ketones is 1. The average Bonchev–Trinajstić information content (AvgIpc) is 3.30. The Kier molecular flexibility index (Phi) is 3.81. The number of carbonyl (C=O) groups excluding carboxylic acids is 1. The topological polar surface area (TPSA) is 76.3 Å². The summed E-state index contributed by atoms with van der Waals surface area (Å²) in [5.41, 5.74) is 1.00. The van der Waals surface area contributed by atoms with E-state index in [0.717, 1.165) is 15.5 Å². The number of aromatic hydroxyl groups is 1. The van der Waals surface area contributed by atoms with Crippen LogP contribution in [0.1, 0.15) is 20.4 Å². The van der Waals surface area contributed by atoms with Crippen molar-refractivity contribution in [3.05, 3.63) is 64.6 Å². The summed E-state index contributed by atoms with van der Waals surface area (Å²) < 4.78 is 4.99. The molecule has 4 aromatic heterocycles. The van der Waals surface area contributed by atoms with Crippen molar-refractivity contribution in [1.29, 1.82) is 0 Å². The summed E-state index contributed by atoms with van der Waals surface area (Å²) in [6.45, 7) is 2.47. The highest BCUT2D eigenvalue weighted by atomic mass is 32.1. The van der Waals surface area contributed by atoms with E-state index in [4.69, 9.17) is 0 Å². The highest BCUT2D eigenvalue weighted by Gasteiger charge is 2.30. The molecule has 25 heavy (non-hydrogen) atoms. The van der Waals surface area contributed by atoms with Crippen LogP contribution in [0.25, 0.3) is 5.65 Å². The zero-order valence-corrected chi connectivity index (χ0v) is 14.3. The van der Waals surface area contributed by atoms with Gasteiger partial charge in [-0.2, -0.15) is 14.1 Å². The minimum absolute atomic E-state index is 0.0468. The number of carbonyl (C=O) groups is 1. The SMILES string of the molecule is Cc1ncc(C[n+]2c(O)c(C(=O)Cn3cccn3)n3ccccc32)s1. The van der Waals surface area contributed by atoms with Crippen molar-refractivity contribution >= 4 is 22.8 Å². The maximum absolute atomic E-state index is 12.8. The summed E-state index contributed by atoms with van der Waals surface area (Å²) in [7, 11) is 0. The summed E-state index contributed by atoms with van der Waals surface area (Å²) in [6, 6.07) is 7.34. The lowest BCUT2D eigenvalue weighted by Gasteiger charge is -1.98. The van der Waals surface area contributed by atoms with E-state index in [1.165, 1.54) is 0 Å². The first kappa shape index (κ1) is 15.5. The zero-order chi connectivity index (χ0) is 17.4. The van der Waals surface area contributed by atoms with Crippen LogP contribution in [0.5, 0.6) is 5.88 Å². The van der Waals surface area contributed by atoms with Crippen LogP contribution in [-0.4, -0.2) is 30.1 Å². The van der Waals surface area contributed by atoms with Gasteiger partial charge in [0.1, 0.15) is 13.1 Å². The number of aromatic nitrogens is 5. The number of hydrogen-bond acceptors (Lipinski definition) is 5. The van der Waals surface area contributed by atoms with Gasteiger partial charge in [0.25, 0.3) is 11.3 Å². The van der Waals surface area contributed by atoms with Crippen LogP contribution in [0.3, 0.4) is 0 Å².